The van der Waals surface area contributed by atoms with Crippen LogP contribution in [-0.4, -0.2) is 61.4 Å². The number of likely N-dealkylation sites (N-methyl/N-ethyl adjacent to an activating group) is 1. The highest BCUT2D eigenvalue weighted by Crippen LogP contribution is 2.28. The molecule has 23 heavy (non-hydrogen) atoms. The van der Waals surface area contributed by atoms with Gasteiger partial charge in [0.05, 0.1) is 7.11 Å². The molecule has 7 nitrogen and oxygen atoms in total. The number of ether oxygens (including phenoxy) is 2. The van der Waals surface area contributed by atoms with E-state index in [4.69, 9.17) is 29.3 Å². The summed E-state index contributed by atoms with van der Waals surface area (Å²) in [6, 6.07) is 5.98. The van der Waals surface area contributed by atoms with Gasteiger partial charge in [-0.1, -0.05) is 12.1 Å². The van der Waals surface area contributed by atoms with Crippen molar-refractivity contribution in [3.05, 3.63) is 36.4 Å². The van der Waals surface area contributed by atoms with Gasteiger partial charge >= 0.3 is 11.9 Å². The first-order valence-electron chi connectivity index (χ1n) is 6.83. The average Bonchev–Trinajstić information content (AvgIpc) is 2.49. The highest BCUT2D eigenvalue weighted by Gasteiger charge is 2.05. The van der Waals surface area contributed by atoms with Gasteiger partial charge in [0.25, 0.3) is 0 Å². The van der Waals surface area contributed by atoms with Crippen LogP contribution in [0.15, 0.2) is 30.9 Å². The van der Waals surface area contributed by atoms with E-state index in [1.54, 1.807) is 7.11 Å². The highest BCUT2D eigenvalue weighted by molar-refractivity contribution is 6.27. The van der Waals surface area contributed by atoms with Gasteiger partial charge in [0.2, 0.25) is 0 Å². The fourth-order valence-electron chi connectivity index (χ4n) is 1.46. The number of aliphatic carboxylic acids is 2. The second kappa shape index (κ2) is 11.1. The van der Waals surface area contributed by atoms with Crippen LogP contribution in [0.5, 0.6) is 11.5 Å². The van der Waals surface area contributed by atoms with E-state index in [1.807, 2.05) is 38.4 Å². The quantitative estimate of drug-likeness (QED) is 0.579. The van der Waals surface area contributed by atoms with Gasteiger partial charge in [-0.3, -0.25) is 0 Å². The van der Waals surface area contributed by atoms with E-state index in [9.17, 15) is 0 Å². The summed E-state index contributed by atoms with van der Waals surface area (Å²) < 4.78 is 11.0. The van der Waals surface area contributed by atoms with E-state index in [-0.39, 0.29) is 0 Å². The molecular formula is C16H23NO6. The van der Waals surface area contributed by atoms with E-state index in [0.717, 1.165) is 24.5 Å². The summed E-state index contributed by atoms with van der Waals surface area (Å²) in [4.78, 5) is 20.3. The molecular weight excluding hydrogens is 302 g/mol. The predicted octanol–water partition coefficient (Wildman–Crippen LogP) is 1.52. The maximum atomic E-state index is 9.10. The smallest absolute Gasteiger partial charge is 0.414 e. The van der Waals surface area contributed by atoms with Crippen molar-refractivity contribution in [1.82, 2.24) is 4.90 Å². The maximum absolute atomic E-state index is 9.10. The van der Waals surface area contributed by atoms with Crippen molar-refractivity contribution in [2.24, 2.45) is 0 Å². The van der Waals surface area contributed by atoms with Crippen LogP contribution in [0.2, 0.25) is 0 Å². The number of nitrogens with zero attached hydrogens (tertiary/aromatic N) is 1. The van der Waals surface area contributed by atoms with Crippen LogP contribution < -0.4 is 9.47 Å². The molecule has 0 atom stereocenters. The molecule has 0 heterocycles. The van der Waals surface area contributed by atoms with E-state index in [2.05, 4.69) is 11.5 Å². The number of carbonyl (C=O) groups is 2. The van der Waals surface area contributed by atoms with Crippen molar-refractivity contribution < 1.29 is 29.3 Å². The molecule has 1 aromatic rings. The summed E-state index contributed by atoms with van der Waals surface area (Å²) in [5, 5.41) is 14.8. The lowest BCUT2D eigenvalue weighted by atomic mass is 10.1. The predicted molar refractivity (Wildman–Crippen MR) is 86.2 cm³/mol. The van der Waals surface area contributed by atoms with Crippen molar-refractivity contribution in [2.45, 2.75) is 6.42 Å². The second-order valence-electron chi connectivity index (χ2n) is 4.74. The van der Waals surface area contributed by atoms with Crippen LogP contribution in [-0.2, 0) is 16.0 Å². The minimum absolute atomic E-state index is 0.657. The highest BCUT2D eigenvalue weighted by atomic mass is 16.5. The topological polar surface area (TPSA) is 96.3 Å². The number of hydrogen-bond donors (Lipinski definition) is 2. The standard InChI is InChI=1S/C14H21NO2.C2H2O4/c1-5-6-12-7-8-13(14(11-12)16-4)17-10-9-15(2)3;3-1(4)2(5)6/h5,7-8,11H,1,6,9-10H2,2-4H3;(H,3,4)(H,5,6). The maximum Gasteiger partial charge on any atom is 0.414 e. The van der Waals surface area contributed by atoms with Crippen LogP contribution in [0.3, 0.4) is 0 Å². The number of rotatable bonds is 7. The first kappa shape index (κ1) is 20.5. The Balaban J connectivity index is 0.000000688. The molecule has 0 bridgehead atoms. The summed E-state index contributed by atoms with van der Waals surface area (Å²) in [7, 11) is 5.70. The Morgan fingerprint density at radius 1 is 1.22 bits per heavy atom. The molecule has 0 aliphatic carbocycles. The Kier molecular flexibility index (Phi) is 9.86. The van der Waals surface area contributed by atoms with Gasteiger partial charge in [-0.25, -0.2) is 9.59 Å². The zero-order valence-corrected chi connectivity index (χ0v) is 13.6. The van der Waals surface area contributed by atoms with Gasteiger partial charge in [0.1, 0.15) is 6.61 Å². The molecule has 0 saturated heterocycles. The Hall–Kier alpha value is -2.54. The molecule has 0 aliphatic heterocycles. The summed E-state index contributed by atoms with van der Waals surface area (Å²) in [6.45, 7) is 5.27. The molecule has 0 saturated carbocycles. The molecule has 0 aliphatic rings. The fraction of sp³-hybridized carbons (Fsp3) is 0.375. The summed E-state index contributed by atoms with van der Waals surface area (Å²) in [5.74, 6) is -2.07. The number of benzene rings is 1. The molecule has 0 radical (unpaired) electrons. The normalized spacial score (nSPS) is 9.57. The van der Waals surface area contributed by atoms with E-state index in [1.165, 1.54) is 5.56 Å². The lowest BCUT2D eigenvalue weighted by Gasteiger charge is -2.14. The van der Waals surface area contributed by atoms with Crippen LogP contribution in [0.25, 0.3) is 0 Å². The lowest BCUT2D eigenvalue weighted by Crippen LogP contribution is -2.19. The molecule has 0 aromatic heterocycles. The molecule has 128 valence electrons. The van der Waals surface area contributed by atoms with Crippen molar-refractivity contribution in [3.63, 3.8) is 0 Å². The van der Waals surface area contributed by atoms with Crippen molar-refractivity contribution >= 4 is 11.9 Å². The molecule has 0 amide bonds. The van der Waals surface area contributed by atoms with Gasteiger partial charge in [-0.05, 0) is 38.2 Å². The second-order valence-corrected chi connectivity index (χ2v) is 4.74. The number of carboxylic acids is 2. The third-order valence-electron chi connectivity index (χ3n) is 2.59. The molecule has 1 rings (SSSR count). The number of allylic oxidation sites excluding steroid dienone is 1. The third kappa shape index (κ3) is 9.15. The van der Waals surface area contributed by atoms with Crippen molar-refractivity contribution in [2.75, 3.05) is 34.4 Å². The first-order valence-corrected chi connectivity index (χ1v) is 6.83. The van der Waals surface area contributed by atoms with Gasteiger partial charge in [0, 0.05) is 6.54 Å². The Labute approximate surface area is 135 Å². The minimum Gasteiger partial charge on any atom is -0.493 e. The summed E-state index contributed by atoms with van der Waals surface area (Å²) in [5.41, 5.74) is 1.18. The van der Waals surface area contributed by atoms with E-state index < -0.39 is 11.9 Å². The van der Waals surface area contributed by atoms with Gasteiger partial charge in [-0.15, -0.1) is 6.58 Å². The first-order chi connectivity index (χ1) is 10.8. The minimum atomic E-state index is -1.82. The fourth-order valence-corrected chi connectivity index (χ4v) is 1.46. The third-order valence-corrected chi connectivity index (χ3v) is 2.59. The number of carboxylic acid groups (broad SMARTS) is 2. The van der Waals surface area contributed by atoms with E-state index >= 15 is 0 Å². The molecule has 0 fully saturated rings. The van der Waals surface area contributed by atoms with Crippen LogP contribution in [0, 0.1) is 0 Å². The summed E-state index contributed by atoms with van der Waals surface area (Å²) in [6.07, 6.45) is 2.72. The lowest BCUT2D eigenvalue weighted by molar-refractivity contribution is -0.159. The molecule has 7 heteroatoms. The van der Waals surface area contributed by atoms with Gasteiger partial charge in [0.15, 0.2) is 11.5 Å². The van der Waals surface area contributed by atoms with Crippen LogP contribution in [0.4, 0.5) is 0 Å². The number of methoxy groups -OCH3 is 1. The Bertz CT molecular complexity index is 515. The SMILES string of the molecule is C=CCc1ccc(OCCN(C)C)c(OC)c1.O=C(O)C(=O)O. The molecule has 2 N–H and O–H groups in total. The average molecular weight is 325 g/mol. The van der Waals surface area contributed by atoms with Gasteiger partial charge in [-0.2, -0.15) is 0 Å². The molecule has 0 unspecified atom stereocenters. The Morgan fingerprint density at radius 2 is 1.83 bits per heavy atom. The van der Waals surface area contributed by atoms with Crippen LogP contribution >= 0.6 is 0 Å². The zero-order valence-electron chi connectivity index (χ0n) is 13.6. The van der Waals surface area contributed by atoms with E-state index in [0.29, 0.717) is 6.61 Å². The zero-order chi connectivity index (χ0) is 17.8. The molecule has 0 spiro atoms. The van der Waals surface area contributed by atoms with Crippen LogP contribution in [0.1, 0.15) is 5.56 Å². The van der Waals surface area contributed by atoms with Crippen molar-refractivity contribution in [1.29, 1.82) is 0 Å². The number of hydrogen-bond acceptors (Lipinski definition) is 5. The van der Waals surface area contributed by atoms with Gasteiger partial charge < -0.3 is 24.6 Å². The summed E-state index contributed by atoms with van der Waals surface area (Å²) >= 11 is 0. The molecule has 1 aromatic carbocycles. The Morgan fingerprint density at radius 3 is 2.26 bits per heavy atom. The van der Waals surface area contributed by atoms with Crippen molar-refractivity contribution in [3.8, 4) is 11.5 Å². The largest absolute Gasteiger partial charge is 0.493 e. The monoisotopic (exact) mass is 325 g/mol.